The summed E-state index contributed by atoms with van der Waals surface area (Å²) in [5, 5.41) is 9.98. The van der Waals surface area contributed by atoms with Crippen LogP contribution >= 0.6 is 0 Å². The zero-order chi connectivity index (χ0) is 23.9. The van der Waals surface area contributed by atoms with Crippen LogP contribution in [0.15, 0.2) is 61.1 Å². The van der Waals surface area contributed by atoms with Crippen molar-refractivity contribution in [2.45, 2.75) is 26.4 Å². The van der Waals surface area contributed by atoms with Crippen LogP contribution in [0.5, 0.6) is 0 Å². The molecule has 0 aliphatic carbocycles. The maximum absolute atomic E-state index is 14.7. The Morgan fingerprint density at radius 3 is 2.77 bits per heavy atom. The largest absolute Gasteiger partial charge is 0.346 e. The van der Waals surface area contributed by atoms with Crippen molar-refractivity contribution in [3.8, 4) is 22.4 Å². The van der Waals surface area contributed by atoms with Gasteiger partial charge in [-0.25, -0.2) is 9.24 Å². The first-order valence-electron chi connectivity index (χ1n) is 12.0. The summed E-state index contributed by atoms with van der Waals surface area (Å²) in [5.74, 6) is 0.0678. The van der Waals surface area contributed by atoms with Crippen molar-refractivity contribution < 1.29 is 4.39 Å². The van der Waals surface area contributed by atoms with Crippen molar-refractivity contribution in [3.05, 3.63) is 78.3 Å². The molecule has 1 fully saturated rings. The summed E-state index contributed by atoms with van der Waals surface area (Å²) in [5.41, 5.74) is 5.46. The Kier molecular flexibility index (Phi) is 5.31. The second-order valence-corrected chi connectivity index (χ2v) is 9.12. The molecular weight excluding hydrogens is 439 g/mol. The molecule has 1 atom stereocenters. The van der Waals surface area contributed by atoms with Gasteiger partial charge in [0.2, 0.25) is 5.69 Å². The Labute approximate surface area is 202 Å². The summed E-state index contributed by atoms with van der Waals surface area (Å²) in [4.78, 5) is 8.21. The van der Waals surface area contributed by atoms with E-state index in [0.717, 1.165) is 71.2 Å². The van der Waals surface area contributed by atoms with Crippen molar-refractivity contribution in [1.29, 1.82) is 0 Å². The van der Waals surface area contributed by atoms with E-state index in [0.29, 0.717) is 11.5 Å². The monoisotopic (exact) mass is 464 g/mol. The fourth-order valence-corrected chi connectivity index (χ4v) is 5.22. The van der Waals surface area contributed by atoms with Gasteiger partial charge >= 0.3 is 0 Å². The minimum atomic E-state index is -0.517. The fourth-order valence-electron chi connectivity index (χ4n) is 5.22. The molecule has 2 aromatic carbocycles. The predicted molar refractivity (Wildman–Crippen MR) is 137 cm³/mol. The van der Waals surface area contributed by atoms with E-state index in [1.807, 2.05) is 23.1 Å². The second kappa shape index (κ2) is 8.64. The Bertz CT molecular complexity index is 1600. The van der Waals surface area contributed by atoms with Gasteiger partial charge in [0.1, 0.15) is 5.82 Å². The van der Waals surface area contributed by atoms with Gasteiger partial charge in [-0.05, 0) is 62.2 Å². The number of hydrogen-bond acceptors (Lipinski definition) is 3. The van der Waals surface area contributed by atoms with Gasteiger partial charge in [0.25, 0.3) is 0 Å². The molecule has 1 aliphatic rings. The summed E-state index contributed by atoms with van der Waals surface area (Å²) in [7, 11) is 0. The third-order valence-electron chi connectivity index (χ3n) is 7.02. The molecule has 7 heteroatoms. The number of pyridine rings is 1. The molecular formula is C28H25FN6. The number of aryl methyl sites for hydroxylation is 1. The molecule has 35 heavy (non-hydrogen) atoms. The van der Waals surface area contributed by atoms with Crippen LogP contribution < -0.4 is 5.32 Å². The summed E-state index contributed by atoms with van der Waals surface area (Å²) in [6.45, 7) is 13.1. The van der Waals surface area contributed by atoms with Gasteiger partial charge in [-0.2, -0.15) is 5.10 Å². The Hall–Kier alpha value is -4.02. The van der Waals surface area contributed by atoms with Crippen molar-refractivity contribution in [1.82, 2.24) is 24.6 Å². The third kappa shape index (κ3) is 3.67. The fraction of sp³-hybridized carbons (Fsp3) is 0.250. The number of benzene rings is 2. The van der Waals surface area contributed by atoms with E-state index in [2.05, 4.69) is 57.2 Å². The summed E-state index contributed by atoms with van der Waals surface area (Å²) in [6.07, 6.45) is 7.07. The topological polar surface area (TPSA) is 52.0 Å². The minimum Gasteiger partial charge on any atom is -0.346 e. The molecule has 3 aromatic heterocycles. The molecule has 4 heterocycles. The SMILES string of the molecule is [C-]#[N+]c1ccc(-c2c(-c3ccc4c(cnn4CC)c3)ncc3c2ccn3C[C@@H]2CCNC2)cc1F. The van der Waals surface area contributed by atoms with Gasteiger partial charge in [-0.1, -0.05) is 18.2 Å². The average Bonchev–Trinajstić information content (AvgIpc) is 3.63. The number of rotatable bonds is 5. The van der Waals surface area contributed by atoms with Crippen LogP contribution in [0.1, 0.15) is 13.3 Å². The van der Waals surface area contributed by atoms with Gasteiger partial charge < -0.3 is 9.88 Å². The van der Waals surface area contributed by atoms with E-state index in [-0.39, 0.29) is 5.69 Å². The first-order valence-corrected chi connectivity index (χ1v) is 12.0. The van der Waals surface area contributed by atoms with Gasteiger partial charge in [-0.3, -0.25) is 9.67 Å². The number of fused-ring (bicyclic) bond motifs is 2. The van der Waals surface area contributed by atoms with Crippen LogP contribution in [0.25, 0.3) is 49.0 Å². The van der Waals surface area contributed by atoms with Crippen LogP contribution in [0.2, 0.25) is 0 Å². The number of nitrogens with zero attached hydrogens (tertiary/aromatic N) is 5. The van der Waals surface area contributed by atoms with Crippen molar-refractivity contribution in [2.24, 2.45) is 5.92 Å². The predicted octanol–water partition coefficient (Wildman–Crippen LogP) is 6.04. The number of aromatic nitrogens is 4. The Morgan fingerprint density at radius 2 is 2.00 bits per heavy atom. The molecule has 0 radical (unpaired) electrons. The first-order chi connectivity index (χ1) is 17.2. The van der Waals surface area contributed by atoms with Gasteiger partial charge in [0.05, 0.1) is 35.7 Å². The van der Waals surface area contributed by atoms with E-state index in [1.165, 1.54) is 6.07 Å². The summed E-state index contributed by atoms with van der Waals surface area (Å²) in [6, 6.07) is 13.2. The normalized spacial score (nSPS) is 15.7. The number of hydrogen-bond donors (Lipinski definition) is 1. The highest BCUT2D eigenvalue weighted by Crippen LogP contribution is 2.39. The lowest BCUT2D eigenvalue weighted by Gasteiger charge is -2.15. The average molecular weight is 465 g/mol. The van der Waals surface area contributed by atoms with Gasteiger partial charge in [0, 0.05) is 41.2 Å². The second-order valence-electron chi connectivity index (χ2n) is 9.12. The van der Waals surface area contributed by atoms with Gasteiger partial charge in [0.15, 0.2) is 0 Å². The van der Waals surface area contributed by atoms with Crippen molar-refractivity contribution >= 4 is 27.5 Å². The Morgan fingerprint density at radius 1 is 1.11 bits per heavy atom. The molecule has 0 unspecified atom stereocenters. The standard InChI is InChI=1S/C28H25FN6/c1-3-35-25-7-5-20(12-21(25)15-33-35)28-27(19-4-6-24(30-2)23(29)13-19)22-9-11-34(26(22)16-32-28)17-18-8-10-31-14-18/h4-7,9,11-13,15-16,18,31H,3,8,10,14,17H2,1H3/t18-/m1/s1. The maximum atomic E-state index is 14.7. The first kappa shape index (κ1) is 21.5. The molecule has 0 amide bonds. The molecule has 0 spiro atoms. The van der Waals surface area contributed by atoms with E-state index in [1.54, 1.807) is 6.07 Å². The highest BCUT2D eigenvalue weighted by Gasteiger charge is 2.20. The molecule has 0 saturated carbocycles. The summed E-state index contributed by atoms with van der Waals surface area (Å²) < 4.78 is 19.0. The van der Waals surface area contributed by atoms with Crippen LogP contribution in [0.4, 0.5) is 10.1 Å². The molecule has 6 rings (SSSR count). The van der Waals surface area contributed by atoms with Crippen molar-refractivity contribution in [3.63, 3.8) is 0 Å². The van der Waals surface area contributed by atoms with Crippen LogP contribution in [-0.4, -0.2) is 32.4 Å². The van der Waals surface area contributed by atoms with Gasteiger partial charge in [-0.15, -0.1) is 0 Å². The molecule has 1 aliphatic heterocycles. The Balaban J connectivity index is 1.55. The highest BCUT2D eigenvalue weighted by atomic mass is 19.1. The molecule has 1 saturated heterocycles. The van der Waals surface area contributed by atoms with Crippen LogP contribution in [0, 0.1) is 18.3 Å². The zero-order valence-corrected chi connectivity index (χ0v) is 19.5. The molecule has 1 N–H and O–H groups in total. The highest BCUT2D eigenvalue weighted by molar-refractivity contribution is 6.02. The van der Waals surface area contributed by atoms with E-state index >= 15 is 0 Å². The molecule has 0 bridgehead atoms. The van der Waals surface area contributed by atoms with E-state index < -0.39 is 5.82 Å². The smallest absolute Gasteiger partial charge is 0.222 e. The van der Waals surface area contributed by atoms with Crippen LogP contribution in [0.3, 0.4) is 0 Å². The van der Waals surface area contributed by atoms with E-state index in [9.17, 15) is 4.39 Å². The molecule has 174 valence electrons. The van der Waals surface area contributed by atoms with Crippen molar-refractivity contribution in [2.75, 3.05) is 13.1 Å². The maximum Gasteiger partial charge on any atom is 0.222 e. The zero-order valence-electron chi connectivity index (χ0n) is 19.5. The quantitative estimate of drug-likeness (QED) is 0.323. The molecule has 5 aromatic rings. The lowest BCUT2D eigenvalue weighted by Crippen LogP contribution is -2.14. The lowest BCUT2D eigenvalue weighted by molar-refractivity contribution is 0.491. The minimum absolute atomic E-state index is 0.0233. The summed E-state index contributed by atoms with van der Waals surface area (Å²) >= 11 is 0. The molecule has 6 nitrogen and oxygen atoms in total. The van der Waals surface area contributed by atoms with Crippen LogP contribution in [-0.2, 0) is 13.1 Å². The number of halogens is 1. The third-order valence-corrected chi connectivity index (χ3v) is 7.02. The lowest BCUT2D eigenvalue weighted by atomic mass is 9.95. The number of nitrogens with one attached hydrogen (secondary N) is 1. The van der Waals surface area contributed by atoms with E-state index in [4.69, 9.17) is 11.6 Å².